The normalized spacial score (nSPS) is 36.7. The van der Waals surface area contributed by atoms with Crippen LogP contribution >= 0.6 is 0 Å². The van der Waals surface area contributed by atoms with Gasteiger partial charge in [-0.05, 0) is 32.3 Å². The molecule has 0 saturated carbocycles. The molecule has 2 aliphatic rings. The Morgan fingerprint density at radius 3 is 2.70 bits per heavy atom. The molecule has 5 heteroatoms. The Bertz CT molecular complexity index is 799. The molecule has 0 amide bonds. The molecule has 162 valence electrons. The third kappa shape index (κ3) is 5.28. The molecule has 1 fully saturated rings. The van der Waals surface area contributed by atoms with Crippen molar-refractivity contribution in [2.24, 2.45) is 5.92 Å². The molecule has 5 nitrogen and oxygen atoms in total. The van der Waals surface area contributed by atoms with Crippen LogP contribution in [0.5, 0.6) is 0 Å². The zero-order chi connectivity index (χ0) is 21.7. The molecule has 0 aliphatic carbocycles. The maximum absolute atomic E-state index is 12.4. The lowest BCUT2D eigenvalue weighted by Crippen LogP contribution is -2.37. The van der Waals surface area contributed by atoms with E-state index in [0.29, 0.717) is 12.8 Å². The Morgan fingerprint density at radius 1 is 1.27 bits per heavy atom. The largest absolute Gasteiger partial charge is 0.457 e. The van der Waals surface area contributed by atoms with Gasteiger partial charge in [0.15, 0.2) is 6.29 Å². The maximum Gasteiger partial charge on any atom is 0.309 e. The molecular weight excluding hydrogens is 380 g/mol. The van der Waals surface area contributed by atoms with Crippen molar-refractivity contribution in [3.05, 3.63) is 72.4 Å². The minimum atomic E-state index is -0.794. The minimum absolute atomic E-state index is 0.0436. The number of carbonyl (C=O) groups is 1. The highest BCUT2D eigenvalue weighted by Crippen LogP contribution is 2.42. The fourth-order valence-electron chi connectivity index (χ4n) is 4.03. The molecule has 0 spiro atoms. The van der Waals surface area contributed by atoms with E-state index >= 15 is 0 Å². The number of ether oxygens (including phenoxy) is 3. The first kappa shape index (κ1) is 22.5. The second-order valence-corrected chi connectivity index (χ2v) is 8.43. The standard InChI is InChI=1S/C25H32O5/c1-5-9-17(2)23-18(3)12-13-21-25(4,15-14-20(26)16-22(27)29-23)30-24(28-21)19-10-7-6-8-11-19/h5-13,18,20-21,23-24,26H,1,14-16H2,2-4H3/b13-12+,17-9+/t18-,20+,21-,23+,24?,25+/m0/s1. The van der Waals surface area contributed by atoms with E-state index in [0.717, 1.165) is 11.1 Å². The topological polar surface area (TPSA) is 65.0 Å². The molecule has 1 aromatic carbocycles. The monoisotopic (exact) mass is 412 g/mol. The lowest BCUT2D eigenvalue weighted by molar-refractivity contribution is -0.151. The molecule has 1 N–H and O–H groups in total. The number of rotatable bonds is 3. The van der Waals surface area contributed by atoms with Gasteiger partial charge in [0.05, 0.1) is 18.1 Å². The van der Waals surface area contributed by atoms with E-state index in [1.807, 2.05) is 69.3 Å². The molecule has 0 radical (unpaired) electrons. The van der Waals surface area contributed by atoms with E-state index in [4.69, 9.17) is 14.2 Å². The lowest BCUT2D eigenvalue weighted by atomic mass is 9.89. The van der Waals surface area contributed by atoms with Crippen LogP contribution in [-0.2, 0) is 19.0 Å². The van der Waals surface area contributed by atoms with E-state index in [1.165, 1.54) is 0 Å². The molecule has 3 rings (SSSR count). The molecule has 1 unspecified atom stereocenters. The molecular formula is C25H32O5. The number of carbonyl (C=O) groups excluding carboxylic acids is 1. The number of benzene rings is 1. The Balaban J connectivity index is 1.90. The van der Waals surface area contributed by atoms with Crippen LogP contribution in [0.1, 0.15) is 51.9 Å². The minimum Gasteiger partial charge on any atom is -0.457 e. The van der Waals surface area contributed by atoms with Crippen molar-refractivity contribution < 1.29 is 24.1 Å². The van der Waals surface area contributed by atoms with Crippen molar-refractivity contribution >= 4 is 5.97 Å². The smallest absolute Gasteiger partial charge is 0.309 e. The van der Waals surface area contributed by atoms with Crippen molar-refractivity contribution in [1.82, 2.24) is 0 Å². The number of aliphatic hydroxyl groups is 1. The van der Waals surface area contributed by atoms with Gasteiger partial charge in [-0.2, -0.15) is 0 Å². The van der Waals surface area contributed by atoms with Crippen molar-refractivity contribution in [1.29, 1.82) is 0 Å². The summed E-state index contributed by atoms with van der Waals surface area (Å²) in [4.78, 5) is 12.4. The lowest BCUT2D eigenvalue weighted by Gasteiger charge is -2.30. The average Bonchev–Trinajstić information content (AvgIpc) is 3.06. The van der Waals surface area contributed by atoms with E-state index in [-0.39, 0.29) is 18.4 Å². The highest BCUT2D eigenvalue weighted by molar-refractivity contribution is 5.70. The number of hydrogen-bond acceptors (Lipinski definition) is 5. The molecule has 0 bridgehead atoms. The quantitative estimate of drug-likeness (QED) is 0.445. The van der Waals surface area contributed by atoms with Gasteiger partial charge in [0.25, 0.3) is 0 Å². The first-order valence-electron chi connectivity index (χ1n) is 10.6. The number of hydrogen-bond donors (Lipinski definition) is 1. The van der Waals surface area contributed by atoms with Gasteiger partial charge in [0.1, 0.15) is 12.2 Å². The Morgan fingerprint density at radius 2 is 2.00 bits per heavy atom. The van der Waals surface area contributed by atoms with Crippen LogP contribution in [0.4, 0.5) is 0 Å². The Hall–Kier alpha value is -2.21. The fraction of sp³-hybridized carbons (Fsp3) is 0.480. The average molecular weight is 413 g/mol. The first-order valence-corrected chi connectivity index (χ1v) is 10.6. The molecule has 6 atom stereocenters. The zero-order valence-corrected chi connectivity index (χ0v) is 18.0. The maximum atomic E-state index is 12.4. The predicted octanol–water partition coefficient (Wildman–Crippen LogP) is 4.64. The van der Waals surface area contributed by atoms with Crippen LogP contribution in [0.25, 0.3) is 0 Å². The van der Waals surface area contributed by atoms with E-state index < -0.39 is 30.1 Å². The summed E-state index contributed by atoms with van der Waals surface area (Å²) in [6.45, 7) is 9.65. The summed E-state index contributed by atoms with van der Waals surface area (Å²) in [6.07, 6.45) is 6.51. The van der Waals surface area contributed by atoms with Crippen LogP contribution in [0.15, 0.2) is 66.8 Å². The second-order valence-electron chi connectivity index (χ2n) is 8.43. The van der Waals surface area contributed by atoms with Crippen LogP contribution in [-0.4, -0.2) is 35.0 Å². The van der Waals surface area contributed by atoms with Crippen molar-refractivity contribution in [3.63, 3.8) is 0 Å². The summed E-state index contributed by atoms with van der Waals surface area (Å²) >= 11 is 0. The number of cyclic esters (lactones) is 1. The van der Waals surface area contributed by atoms with E-state index in [1.54, 1.807) is 6.08 Å². The van der Waals surface area contributed by atoms with Gasteiger partial charge in [-0.1, -0.05) is 68.1 Å². The molecule has 1 saturated heterocycles. The van der Waals surface area contributed by atoms with Gasteiger partial charge in [-0.25, -0.2) is 0 Å². The Kier molecular flexibility index (Phi) is 7.29. The SMILES string of the molecule is C=C/C=C(\C)[C@H]1OC(=O)C[C@H](O)CC[C@@]2(C)OC(c3ccccc3)O[C@H]2/C=C/[C@@H]1C. The zero-order valence-electron chi connectivity index (χ0n) is 18.0. The Labute approximate surface area is 179 Å². The summed E-state index contributed by atoms with van der Waals surface area (Å²) in [5, 5.41) is 10.4. The number of aliphatic hydroxyl groups excluding tert-OH is 1. The van der Waals surface area contributed by atoms with Gasteiger partial charge >= 0.3 is 5.97 Å². The summed E-state index contributed by atoms with van der Waals surface area (Å²) in [7, 11) is 0. The van der Waals surface area contributed by atoms with Crippen molar-refractivity contribution in [3.8, 4) is 0 Å². The molecule has 1 aromatic rings. The van der Waals surface area contributed by atoms with Gasteiger partial charge in [-0.3, -0.25) is 4.79 Å². The first-order chi connectivity index (χ1) is 14.3. The summed E-state index contributed by atoms with van der Waals surface area (Å²) < 4.78 is 18.3. The molecule has 2 heterocycles. The van der Waals surface area contributed by atoms with Crippen LogP contribution < -0.4 is 0 Å². The molecule has 0 aromatic heterocycles. The van der Waals surface area contributed by atoms with Crippen LogP contribution in [0.2, 0.25) is 0 Å². The van der Waals surface area contributed by atoms with Gasteiger partial charge in [-0.15, -0.1) is 0 Å². The summed E-state index contributed by atoms with van der Waals surface area (Å²) in [5.74, 6) is -0.483. The van der Waals surface area contributed by atoms with E-state index in [9.17, 15) is 9.90 Å². The number of allylic oxidation sites excluding steroid dienone is 2. The molecule has 30 heavy (non-hydrogen) atoms. The third-order valence-corrected chi connectivity index (χ3v) is 5.85. The number of fused-ring (bicyclic) bond motifs is 1. The van der Waals surface area contributed by atoms with E-state index in [2.05, 4.69) is 6.58 Å². The van der Waals surface area contributed by atoms with Gasteiger partial charge in [0.2, 0.25) is 0 Å². The summed E-state index contributed by atoms with van der Waals surface area (Å²) in [6, 6.07) is 9.83. The van der Waals surface area contributed by atoms with Crippen LogP contribution in [0.3, 0.4) is 0 Å². The van der Waals surface area contributed by atoms with Crippen LogP contribution in [0, 0.1) is 5.92 Å². The highest BCUT2D eigenvalue weighted by Gasteiger charge is 2.45. The second kappa shape index (κ2) is 9.73. The summed E-state index contributed by atoms with van der Waals surface area (Å²) in [5.41, 5.74) is 1.25. The van der Waals surface area contributed by atoms with Crippen molar-refractivity contribution in [2.45, 2.75) is 70.2 Å². The third-order valence-electron chi connectivity index (χ3n) is 5.85. The molecule has 2 aliphatic heterocycles. The highest BCUT2D eigenvalue weighted by atomic mass is 16.7. The van der Waals surface area contributed by atoms with Gasteiger partial charge in [0, 0.05) is 11.5 Å². The van der Waals surface area contributed by atoms with Crippen molar-refractivity contribution in [2.75, 3.05) is 0 Å². The predicted molar refractivity (Wildman–Crippen MR) is 116 cm³/mol. The van der Waals surface area contributed by atoms with Gasteiger partial charge < -0.3 is 19.3 Å². The number of esters is 1. The fourth-order valence-corrected chi connectivity index (χ4v) is 4.03.